The smallest absolute Gasteiger partial charge is 0.279 e. The highest BCUT2D eigenvalue weighted by molar-refractivity contribution is 9.10. The van der Waals surface area contributed by atoms with Crippen molar-refractivity contribution in [2.45, 2.75) is 20.0 Å². The summed E-state index contributed by atoms with van der Waals surface area (Å²) in [6.07, 6.45) is -0.794. The lowest BCUT2D eigenvalue weighted by Gasteiger charge is -2.15. The summed E-state index contributed by atoms with van der Waals surface area (Å²) >= 11 is 3.33. The Morgan fingerprint density at radius 1 is 1.11 bits per heavy atom. The van der Waals surface area contributed by atoms with Crippen LogP contribution in [0.15, 0.2) is 46.9 Å². The average molecular weight is 437 g/mol. The van der Waals surface area contributed by atoms with E-state index in [0.717, 1.165) is 10.0 Å². The van der Waals surface area contributed by atoms with Gasteiger partial charge in [0.15, 0.2) is 24.2 Å². The second kappa shape index (κ2) is 9.82. The van der Waals surface area contributed by atoms with E-state index in [4.69, 9.17) is 14.2 Å². The molecule has 2 rings (SSSR count). The van der Waals surface area contributed by atoms with E-state index in [1.54, 1.807) is 37.3 Å². The van der Waals surface area contributed by atoms with Gasteiger partial charge in [-0.15, -0.1) is 0 Å². The predicted molar refractivity (Wildman–Crippen MR) is 104 cm³/mol. The Kier molecular flexibility index (Phi) is 7.48. The number of ether oxygens (including phenoxy) is 3. The van der Waals surface area contributed by atoms with Crippen molar-refractivity contribution in [3.05, 3.63) is 52.5 Å². The Labute approximate surface area is 166 Å². The lowest BCUT2D eigenvalue weighted by atomic mass is 10.2. The van der Waals surface area contributed by atoms with Gasteiger partial charge in [-0.05, 0) is 49.7 Å². The number of halogens is 1. The molecule has 0 aromatic heterocycles. The number of carbonyl (C=O) groups is 2. The molecule has 0 aliphatic rings. The number of rotatable bonds is 7. The van der Waals surface area contributed by atoms with Crippen LogP contribution < -0.4 is 25.1 Å². The first-order valence-corrected chi connectivity index (χ1v) is 8.96. The lowest BCUT2D eigenvalue weighted by molar-refractivity contribution is -0.133. The van der Waals surface area contributed by atoms with Gasteiger partial charge >= 0.3 is 0 Å². The van der Waals surface area contributed by atoms with Gasteiger partial charge in [0.05, 0.1) is 7.11 Å². The van der Waals surface area contributed by atoms with E-state index in [0.29, 0.717) is 17.2 Å². The van der Waals surface area contributed by atoms with E-state index in [-0.39, 0.29) is 6.61 Å². The first-order chi connectivity index (χ1) is 12.9. The molecule has 2 aromatic rings. The molecule has 2 N–H and O–H groups in total. The van der Waals surface area contributed by atoms with Gasteiger partial charge in [-0.25, -0.2) is 0 Å². The van der Waals surface area contributed by atoms with Crippen LogP contribution in [0, 0.1) is 6.92 Å². The van der Waals surface area contributed by atoms with Gasteiger partial charge in [-0.1, -0.05) is 28.1 Å². The van der Waals surface area contributed by atoms with Gasteiger partial charge in [-0.3, -0.25) is 20.4 Å². The highest BCUT2D eigenvalue weighted by Crippen LogP contribution is 2.27. The number of benzene rings is 2. The second-order valence-electron chi connectivity index (χ2n) is 5.70. The summed E-state index contributed by atoms with van der Waals surface area (Å²) < 4.78 is 17.0. The number of hydrogen-bond acceptors (Lipinski definition) is 5. The van der Waals surface area contributed by atoms with Crippen LogP contribution in [0.3, 0.4) is 0 Å². The summed E-state index contributed by atoms with van der Waals surface area (Å²) in [6.45, 7) is 3.22. The number of amides is 2. The van der Waals surface area contributed by atoms with Gasteiger partial charge in [-0.2, -0.15) is 0 Å². The van der Waals surface area contributed by atoms with Gasteiger partial charge in [0.2, 0.25) is 0 Å². The molecule has 0 heterocycles. The molecule has 27 heavy (non-hydrogen) atoms. The molecule has 1 atom stereocenters. The largest absolute Gasteiger partial charge is 0.493 e. The number of nitrogens with one attached hydrogen (secondary N) is 2. The first kappa shape index (κ1) is 20.6. The lowest BCUT2D eigenvalue weighted by Crippen LogP contribution is -2.48. The van der Waals surface area contributed by atoms with Crippen LogP contribution in [0.2, 0.25) is 0 Å². The molecule has 0 saturated carbocycles. The molecule has 7 nitrogen and oxygen atoms in total. The Morgan fingerprint density at radius 3 is 2.59 bits per heavy atom. The highest BCUT2D eigenvalue weighted by atomic mass is 79.9. The maximum absolute atomic E-state index is 12.0. The third kappa shape index (κ3) is 6.49. The van der Waals surface area contributed by atoms with Crippen LogP contribution in [0.5, 0.6) is 17.2 Å². The summed E-state index contributed by atoms with van der Waals surface area (Å²) in [6, 6.07) is 12.5. The van der Waals surface area contributed by atoms with Gasteiger partial charge in [0.1, 0.15) is 5.75 Å². The average Bonchev–Trinajstić information content (AvgIpc) is 2.64. The van der Waals surface area contributed by atoms with E-state index in [1.807, 2.05) is 19.1 Å². The van der Waals surface area contributed by atoms with Crippen LogP contribution in [0.25, 0.3) is 0 Å². The fourth-order valence-corrected chi connectivity index (χ4v) is 2.48. The Bertz CT molecular complexity index is 812. The van der Waals surface area contributed by atoms with Crippen molar-refractivity contribution in [2.75, 3.05) is 13.7 Å². The molecule has 2 amide bonds. The highest BCUT2D eigenvalue weighted by Gasteiger charge is 2.16. The number of hydrogen-bond donors (Lipinski definition) is 2. The predicted octanol–water partition coefficient (Wildman–Crippen LogP) is 2.76. The maximum atomic E-state index is 12.0. The van der Waals surface area contributed by atoms with Crippen molar-refractivity contribution in [1.29, 1.82) is 0 Å². The van der Waals surface area contributed by atoms with E-state index in [9.17, 15) is 9.59 Å². The van der Waals surface area contributed by atoms with Gasteiger partial charge < -0.3 is 14.2 Å². The quantitative estimate of drug-likeness (QED) is 0.651. The minimum Gasteiger partial charge on any atom is -0.493 e. The molecule has 2 aromatic carbocycles. The molecule has 0 aliphatic heterocycles. The van der Waals surface area contributed by atoms with Gasteiger partial charge in [0.25, 0.3) is 11.8 Å². The number of hydrazine groups is 1. The Hall–Kier alpha value is -2.74. The zero-order valence-electron chi connectivity index (χ0n) is 15.2. The third-order valence-corrected chi connectivity index (χ3v) is 3.97. The molecule has 8 heteroatoms. The third-order valence-electron chi connectivity index (χ3n) is 3.48. The monoisotopic (exact) mass is 436 g/mol. The molecule has 0 unspecified atom stereocenters. The van der Waals surface area contributed by atoms with Crippen molar-refractivity contribution < 1.29 is 23.8 Å². The van der Waals surface area contributed by atoms with Crippen LogP contribution in [0.4, 0.5) is 0 Å². The van der Waals surface area contributed by atoms with Crippen molar-refractivity contribution in [2.24, 2.45) is 0 Å². The molecular formula is C19H21BrN2O5. The molecular weight excluding hydrogens is 416 g/mol. The summed E-state index contributed by atoms with van der Waals surface area (Å²) in [5.41, 5.74) is 5.60. The zero-order chi connectivity index (χ0) is 19.8. The Morgan fingerprint density at radius 2 is 1.89 bits per heavy atom. The van der Waals surface area contributed by atoms with Crippen LogP contribution in [-0.4, -0.2) is 31.6 Å². The molecule has 0 radical (unpaired) electrons. The van der Waals surface area contributed by atoms with Crippen LogP contribution in [0.1, 0.15) is 12.5 Å². The number of carbonyl (C=O) groups excluding carboxylic acids is 2. The van der Waals surface area contributed by atoms with E-state index in [2.05, 4.69) is 26.8 Å². The molecule has 0 saturated heterocycles. The molecule has 0 aliphatic carbocycles. The van der Waals surface area contributed by atoms with E-state index < -0.39 is 17.9 Å². The summed E-state index contributed by atoms with van der Waals surface area (Å²) in [5.74, 6) is 0.504. The van der Waals surface area contributed by atoms with Crippen molar-refractivity contribution in [3.8, 4) is 17.2 Å². The summed E-state index contributed by atoms with van der Waals surface area (Å²) in [5, 5.41) is 0. The number of methoxy groups -OCH3 is 1. The molecule has 0 fully saturated rings. The molecule has 0 bridgehead atoms. The summed E-state index contributed by atoms with van der Waals surface area (Å²) in [7, 11) is 1.52. The van der Waals surface area contributed by atoms with Crippen molar-refractivity contribution >= 4 is 27.7 Å². The fraction of sp³-hybridized carbons (Fsp3) is 0.263. The fourth-order valence-electron chi connectivity index (χ4n) is 2.10. The topological polar surface area (TPSA) is 85.9 Å². The number of aryl methyl sites for hydroxylation is 1. The van der Waals surface area contributed by atoms with E-state index in [1.165, 1.54) is 7.11 Å². The normalized spacial score (nSPS) is 11.3. The minimum absolute atomic E-state index is 0.277. The summed E-state index contributed by atoms with van der Waals surface area (Å²) in [4.78, 5) is 23.9. The van der Waals surface area contributed by atoms with Crippen LogP contribution >= 0.6 is 15.9 Å². The van der Waals surface area contributed by atoms with Crippen molar-refractivity contribution in [3.63, 3.8) is 0 Å². The van der Waals surface area contributed by atoms with Crippen LogP contribution in [-0.2, 0) is 9.59 Å². The maximum Gasteiger partial charge on any atom is 0.279 e. The van der Waals surface area contributed by atoms with Gasteiger partial charge in [0, 0.05) is 4.47 Å². The zero-order valence-corrected chi connectivity index (χ0v) is 16.8. The molecule has 144 valence electrons. The van der Waals surface area contributed by atoms with E-state index >= 15 is 0 Å². The molecule has 0 spiro atoms. The standard InChI is InChI=1S/C19H21BrN2O5/c1-12-7-8-16(17(9-12)25-3)26-11-18(23)21-22-19(24)13(2)27-15-6-4-5-14(20)10-15/h4-10,13H,11H2,1-3H3,(H,21,23)(H,22,24)/t13-/m1/s1. The second-order valence-corrected chi connectivity index (χ2v) is 6.61. The SMILES string of the molecule is COc1cc(C)ccc1OCC(=O)NNC(=O)[C@@H](C)Oc1cccc(Br)c1. The first-order valence-electron chi connectivity index (χ1n) is 8.17. The minimum atomic E-state index is -0.794. The van der Waals surface area contributed by atoms with Crippen molar-refractivity contribution in [1.82, 2.24) is 10.9 Å². The Balaban J connectivity index is 1.78.